The average molecular weight is 264 g/mol. The number of hydrogen-bond donors (Lipinski definition) is 1. The van der Waals surface area contributed by atoms with Gasteiger partial charge in [0.25, 0.3) is 0 Å². The molecule has 0 radical (unpaired) electrons. The maximum Gasteiger partial charge on any atom is 0.0638 e. The van der Waals surface area contributed by atoms with Gasteiger partial charge in [0.1, 0.15) is 0 Å². The number of aromatic nitrogens is 2. The van der Waals surface area contributed by atoms with Gasteiger partial charge < -0.3 is 5.32 Å². The van der Waals surface area contributed by atoms with Gasteiger partial charge in [-0.3, -0.25) is 4.68 Å². The Labute approximate surface area is 113 Å². The van der Waals surface area contributed by atoms with Gasteiger partial charge in [-0.1, -0.05) is 23.7 Å². The minimum Gasteiger partial charge on any atom is -0.306 e. The molecule has 0 amide bonds. The van der Waals surface area contributed by atoms with Crippen LogP contribution in [-0.4, -0.2) is 9.78 Å². The van der Waals surface area contributed by atoms with Crippen LogP contribution in [0, 0.1) is 6.92 Å². The van der Waals surface area contributed by atoms with E-state index in [1.54, 1.807) is 0 Å². The van der Waals surface area contributed by atoms with Crippen molar-refractivity contribution in [2.75, 3.05) is 0 Å². The first-order chi connectivity index (χ1) is 8.56. The number of aryl methyl sites for hydroxylation is 2. The molecule has 0 aliphatic heterocycles. The Kier molecular flexibility index (Phi) is 4.04. The van der Waals surface area contributed by atoms with Crippen LogP contribution in [0.15, 0.2) is 30.5 Å². The summed E-state index contributed by atoms with van der Waals surface area (Å²) in [6, 6.07) is 8.21. The molecule has 96 valence electrons. The molecule has 3 nitrogen and oxygen atoms in total. The number of hydrogen-bond acceptors (Lipinski definition) is 2. The molecule has 18 heavy (non-hydrogen) atoms. The second kappa shape index (κ2) is 5.55. The van der Waals surface area contributed by atoms with Crippen molar-refractivity contribution in [2.45, 2.75) is 26.4 Å². The van der Waals surface area contributed by atoms with Gasteiger partial charge in [0.15, 0.2) is 0 Å². The smallest absolute Gasteiger partial charge is 0.0638 e. The number of nitrogens with zero attached hydrogens (tertiary/aromatic N) is 2. The third kappa shape index (κ3) is 3.12. The molecular formula is C14H18ClN3. The quantitative estimate of drug-likeness (QED) is 0.918. The van der Waals surface area contributed by atoms with Crippen molar-refractivity contribution in [3.05, 3.63) is 52.3 Å². The molecular weight excluding hydrogens is 246 g/mol. The molecule has 2 rings (SSSR count). The lowest BCUT2D eigenvalue weighted by Crippen LogP contribution is -2.18. The van der Waals surface area contributed by atoms with Crippen LogP contribution < -0.4 is 5.32 Å². The summed E-state index contributed by atoms with van der Waals surface area (Å²) in [6.07, 6.45) is 2.05. The van der Waals surface area contributed by atoms with E-state index >= 15 is 0 Å². The van der Waals surface area contributed by atoms with Crippen LogP contribution in [0.2, 0.25) is 5.02 Å². The van der Waals surface area contributed by atoms with Crippen LogP contribution >= 0.6 is 11.6 Å². The lowest BCUT2D eigenvalue weighted by molar-refractivity contribution is 0.573. The van der Waals surface area contributed by atoms with Crippen molar-refractivity contribution in [2.24, 2.45) is 7.05 Å². The normalized spacial score (nSPS) is 12.7. The van der Waals surface area contributed by atoms with Gasteiger partial charge >= 0.3 is 0 Å². The van der Waals surface area contributed by atoms with E-state index in [0.29, 0.717) is 0 Å². The summed E-state index contributed by atoms with van der Waals surface area (Å²) in [5, 5.41) is 8.59. The Morgan fingerprint density at radius 3 is 2.83 bits per heavy atom. The fourth-order valence-corrected chi connectivity index (χ4v) is 2.18. The Balaban J connectivity index is 2.00. The van der Waals surface area contributed by atoms with Crippen molar-refractivity contribution in [1.29, 1.82) is 0 Å². The van der Waals surface area contributed by atoms with Gasteiger partial charge in [0.2, 0.25) is 0 Å². The molecule has 0 spiro atoms. The minimum atomic E-state index is 0.267. The Morgan fingerprint density at radius 2 is 2.22 bits per heavy atom. The average Bonchev–Trinajstić information content (AvgIpc) is 2.65. The molecule has 0 fully saturated rings. The maximum absolute atomic E-state index is 5.99. The molecule has 0 saturated heterocycles. The molecule has 0 saturated carbocycles. The largest absolute Gasteiger partial charge is 0.306 e. The van der Waals surface area contributed by atoms with Crippen LogP contribution in [0.25, 0.3) is 0 Å². The zero-order chi connectivity index (χ0) is 13.1. The summed E-state index contributed by atoms with van der Waals surface area (Å²) in [7, 11) is 1.94. The van der Waals surface area contributed by atoms with Gasteiger partial charge in [-0.05, 0) is 31.5 Å². The highest BCUT2D eigenvalue weighted by Gasteiger charge is 2.07. The summed E-state index contributed by atoms with van der Waals surface area (Å²) in [4.78, 5) is 0. The van der Waals surface area contributed by atoms with E-state index in [4.69, 9.17) is 11.6 Å². The van der Waals surface area contributed by atoms with Gasteiger partial charge in [0.05, 0.1) is 5.69 Å². The molecule has 1 unspecified atom stereocenters. The van der Waals surface area contributed by atoms with Crippen LogP contribution in [0.5, 0.6) is 0 Å². The fraction of sp³-hybridized carbons (Fsp3) is 0.357. The Morgan fingerprint density at radius 1 is 1.44 bits per heavy atom. The van der Waals surface area contributed by atoms with E-state index in [2.05, 4.69) is 23.4 Å². The first kappa shape index (κ1) is 13.1. The van der Waals surface area contributed by atoms with E-state index in [0.717, 1.165) is 17.3 Å². The van der Waals surface area contributed by atoms with E-state index in [1.165, 1.54) is 11.1 Å². The van der Waals surface area contributed by atoms with Crippen molar-refractivity contribution < 1.29 is 0 Å². The van der Waals surface area contributed by atoms with Gasteiger partial charge in [-0.15, -0.1) is 0 Å². The minimum absolute atomic E-state index is 0.267. The molecule has 4 heteroatoms. The van der Waals surface area contributed by atoms with E-state index in [1.807, 2.05) is 43.0 Å². The SMILES string of the molecule is Cc1nn(C)cc1CNC(C)c1cccc(Cl)c1. The number of nitrogens with one attached hydrogen (secondary N) is 1. The molecule has 1 aromatic heterocycles. The zero-order valence-electron chi connectivity index (χ0n) is 10.9. The topological polar surface area (TPSA) is 29.9 Å². The lowest BCUT2D eigenvalue weighted by Gasteiger charge is -2.14. The van der Waals surface area contributed by atoms with Crippen LogP contribution in [0.1, 0.15) is 29.8 Å². The molecule has 0 aliphatic rings. The third-order valence-corrected chi connectivity index (χ3v) is 3.30. The Hall–Kier alpha value is -1.32. The third-order valence-electron chi connectivity index (χ3n) is 3.06. The van der Waals surface area contributed by atoms with Crippen molar-refractivity contribution >= 4 is 11.6 Å². The molecule has 2 aromatic rings. The van der Waals surface area contributed by atoms with Gasteiger partial charge in [0, 0.05) is 36.4 Å². The highest BCUT2D eigenvalue weighted by Crippen LogP contribution is 2.18. The highest BCUT2D eigenvalue weighted by molar-refractivity contribution is 6.30. The van der Waals surface area contributed by atoms with Crippen LogP contribution in [0.3, 0.4) is 0 Å². The number of halogens is 1. The summed E-state index contributed by atoms with van der Waals surface area (Å²) in [6.45, 7) is 4.98. The molecule has 1 atom stereocenters. The first-order valence-electron chi connectivity index (χ1n) is 6.04. The standard InChI is InChI=1S/C14H18ClN3/c1-10(12-5-4-6-14(15)7-12)16-8-13-9-18(3)17-11(13)2/h4-7,9-10,16H,8H2,1-3H3. The van der Waals surface area contributed by atoms with Crippen molar-refractivity contribution in [3.63, 3.8) is 0 Å². The van der Waals surface area contributed by atoms with E-state index in [-0.39, 0.29) is 6.04 Å². The maximum atomic E-state index is 5.99. The van der Waals surface area contributed by atoms with Gasteiger partial charge in [-0.25, -0.2) is 0 Å². The number of rotatable bonds is 4. The molecule has 0 bridgehead atoms. The van der Waals surface area contributed by atoms with E-state index in [9.17, 15) is 0 Å². The summed E-state index contributed by atoms with van der Waals surface area (Å²) < 4.78 is 1.84. The molecule has 1 heterocycles. The van der Waals surface area contributed by atoms with Crippen LogP contribution in [-0.2, 0) is 13.6 Å². The summed E-state index contributed by atoms with van der Waals surface area (Å²) in [5.74, 6) is 0. The zero-order valence-corrected chi connectivity index (χ0v) is 11.7. The highest BCUT2D eigenvalue weighted by atomic mass is 35.5. The van der Waals surface area contributed by atoms with Crippen molar-refractivity contribution in [1.82, 2.24) is 15.1 Å². The number of benzene rings is 1. The Bertz CT molecular complexity index is 534. The second-order valence-corrected chi connectivity index (χ2v) is 5.01. The molecule has 1 aromatic carbocycles. The van der Waals surface area contributed by atoms with Crippen molar-refractivity contribution in [3.8, 4) is 0 Å². The van der Waals surface area contributed by atoms with Gasteiger partial charge in [-0.2, -0.15) is 5.10 Å². The first-order valence-corrected chi connectivity index (χ1v) is 6.42. The fourth-order valence-electron chi connectivity index (χ4n) is 1.98. The van der Waals surface area contributed by atoms with Crippen LogP contribution in [0.4, 0.5) is 0 Å². The predicted molar refractivity (Wildman–Crippen MR) is 74.7 cm³/mol. The van der Waals surface area contributed by atoms with E-state index < -0.39 is 0 Å². The summed E-state index contributed by atoms with van der Waals surface area (Å²) in [5.41, 5.74) is 3.50. The lowest BCUT2D eigenvalue weighted by atomic mass is 10.1. The second-order valence-electron chi connectivity index (χ2n) is 4.57. The monoisotopic (exact) mass is 263 g/mol. The molecule has 0 aliphatic carbocycles. The predicted octanol–water partition coefficient (Wildman–Crippen LogP) is 3.23. The summed E-state index contributed by atoms with van der Waals surface area (Å²) >= 11 is 5.99. The molecule has 1 N–H and O–H groups in total.